The molecule has 4 N–H and O–H groups in total. The third-order valence-electron chi connectivity index (χ3n) is 6.26. The maximum absolute atomic E-state index is 11.1. The highest BCUT2D eigenvalue weighted by Crippen LogP contribution is 2.41. The van der Waals surface area contributed by atoms with E-state index in [4.69, 9.17) is 5.11 Å². The van der Waals surface area contributed by atoms with Crippen molar-refractivity contribution in [1.29, 1.82) is 0 Å². The molecule has 1 aliphatic heterocycles. The second kappa shape index (κ2) is 9.15. The van der Waals surface area contributed by atoms with E-state index in [-0.39, 0.29) is 17.4 Å². The predicted molar refractivity (Wildman–Crippen MR) is 126 cm³/mol. The van der Waals surface area contributed by atoms with Crippen LogP contribution in [0.5, 0.6) is 11.5 Å². The van der Waals surface area contributed by atoms with Gasteiger partial charge in [-0.3, -0.25) is 10.00 Å². The number of benzene rings is 2. The van der Waals surface area contributed by atoms with Gasteiger partial charge in [-0.1, -0.05) is 38.1 Å². The number of hydrogen-bond donors (Lipinski definition) is 4. The van der Waals surface area contributed by atoms with Crippen LogP contribution in [0.3, 0.4) is 0 Å². The summed E-state index contributed by atoms with van der Waals surface area (Å²) >= 11 is 0. The average Bonchev–Trinajstić information content (AvgIpc) is 3.15. The van der Waals surface area contributed by atoms with E-state index < -0.39 is 6.09 Å². The maximum atomic E-state index is 11.1. The number of piperazine rings is 1. The van der Waals surface area contributed by atoms with Crippen LogP contribution in [0.4, 0.5) is 4.79 Å². The maximum Gasteiger partial charge on any atom is 0.407 e. The molecule has 0 saturated carbocycles. The highest BCUT2D eigenvalue weighted by molar-refractivity contribution is 5.85. The molecule has 4 rings (SSSR count). The first-order chi connectivity index (χ1) is 15.7. The molecule has 2 aromatic carbocycles. The third-order valence-corrected chi connectivity index (χ3v) is 6.26. The molecule has 3 aromatic rings. The second-order valence-electron chi connectivity index (χ2n) is 8.90. The molecule has 1 aromatic heterocycles. The minimum Gasteiger partial charge on any atom is -0.508 e. The van der Waals surface area contributed by atoms with Crippen molar-refractivity contribution in [1.82, 2.24) is 20.0 Å². The van der Waals surface area contributed by atoms with Crippen molar-refractivity contribution in [2.45, 2.75) is 33.2 Å². The fourth-order valence-corrected chi connectivity index (χ4v) is 4.36. The number of phenolic OH excluding ortho intramolecular Hbond substituents is 2. The number of nitrogens with zero attached hydrogens (tertiary/aromatic N) is 3. The number of amides is 1. The van der Waals surface area contributed by atoms with Gasteiger partial charge in [0, 0.05) is 55.6 Å². The highest BCUT2D eigenvalue weighted by atomic mass is 16.4. The molecule has 0 radical (unpaired) electrons. The van der Waals surface area contributed by atoms with Crippen LogP contribution < -0.4 is 0 Å². The lowest BCUT2D eigenvalue weighted by atomic mass is 9.94. The Labute approximate surface area is 193 Å². The van der Waals surface area contributed by atoms with Crippen LogP contribution in [0.2, 0.25) is 0 Å². The molecule has 2 heterocycles. The van der Waals surface area contributed by atoms with E-state index in [0.29, 0.717) is 24.3 Å². The fraction of sp³-hybridized carbons (Fsp3) is 0.360. The Kier molecular flexibility index (Phi) is 6.29. The molecule has 8 heteroatoms. The summed E-state index contributed by atoms with van der Waals surface area (Å²) in [5.74, 6) is 0.167. The first-order valence-electron chi connectivity index (χ1n) is 11.1. The number of carboxylic acid groups (broad SMARTS) is 1. The molecular formula is C25H30N4O4. The number of hydrogen-bond acceptors (Lipinski definition) is 5. The van der Waals surface area contributed by atoms with Gasteiger partial charge in [0.1, 0.15) is 17.2 Å². The van der Waals surface area contributed by atoms with Crippen molar-refractivity contribution in [3.8, 4) is 33.9 Å². The summed E-state index contributed by atoms with van der Waals surface area (Å²) in [5, 5.41) is 37.4. The number of H-pyrrole nitrogens is 1. The number of carbonyl (C=O) groups is 1. The number of aromatic hydroxyl groups is 2. The van der Waals surface area contributed by atoms with Crippen molar-refractivity contribution in [2.24, 2.45) is 0 Å². The largest absolute Gasteiger partial charge is 0.508 e. The van der Waals surface area contributed by atoms with E-state index in [1.165, 1.54) is 11.0 Å². The van der Waals surface area contributed by atoms with Crippen molar-refractivity contribution < 1.29 is 20.1 Å². The van der Waals surface area contributed by atoms with Gasteiger partial charge in [-0.05, 0) is 35.6 Å². The Morgan fingerprint density at radius 3 is 2.33 bits per heavy atom. The van der Waals surface area contributed by atoms with E-state index in [0.717, 1.165) is 47.6 Å². The van der Waals surface area contributed by atoms with Crippen LogP contribution >= 0.6 is 0 Å². The third kappa shape index (κ3) is 4.66. The molecule has 174 valence electrons. The summed E-state index contributed by atoms with van der Waals surface area (Å²) in [7, 11) is 0. The monoisotopic (exact) mass is 450 g/mol. The van der Waals surface area contributed by atoms with E-state index >= 15 is 0 Å². The van der Waals surface area contributed by atoms with Crippen molar-refractivity contribution in [3.05, 3.63) is 53.2 Å². The molecule has 0 spiro atoms. The Balaban J connectivity index is 1.58. The molecular weight excluding hydrogens is 420 g/mol. The van der Waals surface area contributed by atoms with Gasteiger partial charge in [-0.15, -0.1) is 0 Å². The van der Waals surface area contributed by atoms with Crippen LogP contribution in [-0.4, -0.2) is 67.6 Å². The molecule has 0 bridgehead atoms. The van der Waals surface area contributed by atoms with E-state index in [1.807, 2.05) is 32.9 Å². The SMILES string of the molecule is Cc1[nH]nc(-c2cc(C(C)C)c(O)cc2O)c1-c1ccc(CN2CCN(C(=O)O)CC2)cc1. The number of aromatic nitrogens is 2. The van der Waals surface area contributed by atoms with Gasteiger partial charge in [0.15, 0.2) is 0 Å². The molecule has 0 atom stereocenters. The summed E-state index contributed by atoms with van der Waals surface area (Å²) in [5.41, 5.74) is 5.91. The van der Waals surface area contributed by atoms with Gasteiger partial charge >= 0.3 is 6.09 Å². The summed E-state index contributed by atoms with van der Waals surface area (Å²) < 4.78 is 0. The van der Waals surface area contributed by atoms with E-state index in [9.17, 15) is 15.0 Å². The van der Waals surface area contributed by atoms with Gasteiger partial charge in [0.2, 0.25) is 0 Å². The van der Waals surface area contributed by atoms with Crippen LogP contribution in [-0.2, 0) is 6.54 Å². The van der Waals surface area contributed by atoms with Crippen molar-refractivity contribution in [2.75, 3.05) is 26.2 Å². The first kappa shape index (κ1) is 22.7. The number of aryl methyl sites for hydroxylation is 1. The molecule has 1 amide bonds. The lowest BCUT2D eigenvalue weighted by molar-refractivity contribution is 0.103. The van der Waals surface area contributed by atoms with Gasteiger partial charge in [-0.2, -0.15) is 5.10 Å². The Morgan fingerprint density at radius 1 is 1.06 bits per heavy atom. The lowest BCUT2D eigenvalue weighted by Crippen LogP contribution is -2.47. The minimum absolute atomic E-state index is 0.0122. The zero-order valence-corrected chi connectivity index (χ0v) is 19.2. The molecule has 33 heavy (non-hydrogen) atoms. The topological polar surface area (TPSA) is 113 Å². The quantitative estimate of drug-likeness (QED) is 0.459. The highest BCUT2D eigenvalue weighted by Gasteiger charge is 2.22. The van der Waals surface area contributed by atoms with Crippen LogP contribution in [0.1, 0.15) is 36.6 Å². The normalized spacial score (nSPS) is 14.7. The van der Waals surface area contributed by atoms with E-state index in [1.54, 1.807) is 6.07 Å². The lowest BCUT2D eigenvalue weighted by Gasteiger charge is -2.33. The zero-order chi connectivity index (χ0) is 23.7. The minimum atomic E-state index is -0.856. The number of phenols is 2. The predicted octanol–water partition coefficient (Wildman–Crippen LogP) is 4.38. The number of aromatic amines is 1. The standard InChI is InChI=1S/C25H30N4O4/c1-15(2)19-12-20(22(31)13-21(19)30)24-23(16(3)26-27-24)18-6-4-17(5-7-18)14-28-8-10-29(11-9-28)25(32)33/h4-7,12-13,15,30-31H,8-11,14H2,1-3H3,(H,26,27)(H,32,33). The van der Waals surface area contributed by atoms with Gasteiger partial charge < -0.3 is 20.2 Å². The number of nitrogens with one attached hydrogen (secondary N) is 1. The summed E-state index contributed by atoms with van der Waals surface area (Å²) in [4.78, 5) is 14.8. The van der Waals surface area contributed by atoms with Crippen molar-refractivity contribution in [3.63, 3.8) is 0 Å². The summed E-state index contributed by atoms with van der Waals surface area (Å²) in [6.07, 6.45) is -0.856. The molecule has 1 saturated heterocycles. The molecule has 8 nitrogen and oxygen atoms in total. The molecule has 0 unspecified atom stereocenters. The number of rotatable bonds is 5. The average molecular weight is 451 g/mol. The van der Waals surface area contributed by atoms with Gasteiger partial charge in [0.25, 0.3) is 0 Å². The van der Waals surface area contributed by atoms with Crippen LogP contribution in [0.15, 0.2) is 36.4 Å². The zero-order valence-electron chi connectivity index (χ0n) is 19.2. The Bertz CT molecular complexity index is 1150. The molecule has 1 fully saturated rings. The fourth-order valence-electron chi connectivity index (χ4n) is 4.36. The van der Waals surface area contributed by atoms with Gasteiger partial charge in [-0.25, -0.2) is 4.79 Å². The summed E-state index contributed by atoms with van der Waals surface area (Å²) in [6.45, 7) is 9.19. The Morgan fingerprint density at radius 2 is 1.73 bits per heavy atom. The second-order valence-corrected chi connectivity index (χ2v) is 8.90. The van der Waals surface area contributed by atoms with Crippen molar-refractivity contribution >= 4 is 6.09 Å². The smallest absolute Gasteiger partial charge is 0.407 e. The molecule has 0 aliphatic carbocycles. The van der Waals surface area contributed by atoms with Crippen LogP contribution in [0.25, 0.3) is 22.4 Å². The summed E-state index contributed by atoms with van der Waals surface area (Å²) in [6, 6.07) is 11.4. The molecule has 1 aliphatic rings. The van der Waals surface area contributed by atoms with E-state index in [2.05, 4.69) is 27.2 Å². The first-order valence-corrected chi connectivity index (χ1v) is 11.1. The Hall–Kier alpha value is -3.52. The van der Waals surface area contributed by atoms with Crippen LogP contribution in [0, 0.1) is 6.92 Å². The van der Waals surface area contributed by atoms with Gasteiger partial charge in [0.05, 0.1) is 0 Å².